The van der Waals surface area contributed by atoms with Gasteiger partial charge in [-0.3, -0.25) is 0 Å². The third kappa shape index (κ3) is 5.88. The zero-order valence-electron chi connectivity index (χ0n) is 20.1. The third-order valence-corrected chi connectivity index (χ3v) is 8.41. The van der Waals surface area contributed by atoms with Crippen LogP contribution in [0.5, 0.6) is 11.5 Å². The lowest BCUT2D eigenvalue weighted by atomic mass is 9.99. The number of ether oxygens (including phenoxy) is 2. The van der Waals surface area contributed by atoms with Gasteiger partial charge >= 0.3 is 0 Å². The zero-order chi connectivity index (χ0) is 25.5. The van der Waals surface area contributed by atoms with Crippen LogP contribution in [-0.2, 0) is 16.8 Å². The first-order valence-corrected chi connectivity index (χ1v) is 13.4. The quantitative estimate of drug-likeness (QED) is 0.457. The van der Waals surface area contributed by atoms with Crippen molar-refractivity contribution < 1.29 is 28.1 Å². The van der Waals surface area contributed by atoms with Gasteiger partial charge in [-0.05, 0) is 29.8 Å². The van der Waals surface area contributed by atoms with E-state index in [4.69, 9.17) is 9.47 Å². The van der Waals surface area contributed by atoms with Crippen molar-refractivity contribution in [3.05, 3.63) is 96.6 Å². The largest absolute Gasteiger partial charge is 0.492 e. The maximum atomic E-state index is 14.0. The molecule has 36 heavy (non-hydrogen) atoms. The summed E-state index contributed by atoms with van der Waals surface area (Å²) in [6.07, 6.45) is -2.83. The molecule has 0 radical (unpaired) electrons. The average molecular weight is 513 g/mol. The Balaban J connectivity index is 1.68. The molecular formula is C27H32N2O6S. The second kappa shape index (κ2) is 11.9. The molecule has 1 heterocycles. The van der Waals surface area contributed by atoms with Crippen LogP contribution in [0.1, 0.15) is 12.5 Å². The minimum absolute atomic E-state index is 0.0124. The fraction of sp³-hybridized carbons (Fsp3) is 0.333. The standard InChI is InChI=1S/C27H32N2O6S/c1-2-28-24(19-34-22-14-8-4-9-15-22)26(30)27(31)25(20-35-23-16-10-5-11-17-23)29(36(28,32)33)18-21-12-6-3-7-13-21/h3-17,24-27,30-31H,2,18-20H2,1H3/t24-,25-,26+,27+/m1/s1. The molecule has 0 spiro atoms. The van der Waals surface area contributed by atoms with Crippen LogP contribution < -0.4 is 9.47 Å². The van der Waals surface area contributed by atoms with Crippen LogP contribution in [0.15, 0.2) is 91.0 Å². The van der Waals surface area contributed by atoms with Gasteiger partial charge in [0.05, 0.1) is 12.1 Å². The molecule has 9 heteroatoms. The minimum Gasteiger partial charge on any atom is -0.492 e. The first kappa shape index (κ1) is 26.1. The fourth-order valence-corrected chi connectivity index (χ4v) is 6.36. The van der Waals surface area contributed by atoms with Crippen LogP contribution in [0, 0.1) is 0 Å². The molecule has 3 aromatic carbocycles. The Morgan fingerprint density at radius 1 is 0.694 bits per heavy atom. The zero-order valence-corrected chi connectivity index (χ0v) is 20.9. The van der Waals surface area contributed by atoms with Gasteiger partial charge in [-0.15, -0.1) is 0 Å². The van der Waals surface area contributed by atoms with Crippen molar-refractivity contribution in [2.75, 3.05) is 19.8 Å². The average Bonchev–Trinajstić information content (AvgIpc) is 2.96. The number of aliphatic hydroxyl groups is 2. The number of likely N-dealkylation sites (N-methyl/N-ethyl adjacent to an activating group) is 1. The second-order valence-corrected chi connectivity index (χ2v) is 10.4. The monoisotopic (exact) mass is 512 g/mol. The number of aliphatic hydroxyl groups excluding tert-OH is 2. The molecule has 4 rings (SSSR count). The summed E-state index contributed by atoms with van der Waals surface area (Å²) in [4.78, 5) is 0. The molecular weight excluding hydrogens is 480 g/mol. The third-order valence-electron chi connectivity index (χ3n) is 6.29. The van der Waals surface area contributed by atoms with Crippen LogP contribution in [-0.4, -0.2) is 71.3 Å². The molecule has 192 valence electrons. The Hall–Kier alpha value is -2.95. The summed E-state index contributed by atoms with van der Waals surface area (Å²) in [5.74, 6) is 1.08. The summed E-state index contributed by atoms with van der Waals surface area (Å²) in [5, 5.41) is 22.6. The maximum absolute atomic E-state index is 14.0. The van der Waals surface area contributed by atoms with Gasteiger partial charge in [-0.25, -0.2) is 0 Å². The van der Waals surface area contributed by atoms with Crippen molar-refractivity contribution in [1.29, 1.82) is 0 Å². The Morgan fingerprint density at radius 3 is 1.56 bits per heavy atom. The lowest BCUT2D eigenvalue weighted by Crippen LogP contribution is -2.52. The SMILES string of the molecule is CCN1[C@H](COc2ccccc2)[C@H](O)[C@@H](O)[C@@H](COc2ccccc2)N(Cc2ccccc2)S1(=O)=O. The molecule has 2 N–H and O–H groups in total. The number of benzene rings is 3. The first-order valence-electron chi connectivity index (χ1n) is 12.0. The van der Waals surface area contributed by atoms with E-state index in [1.54, 1.807) is 43.3 Å². The molecule has 0 unspecified atom stereocenters. The molecule has 0 amide bonds. The van der Waals surface area contributed by atoms with E-state index >= 15 is 0 Å². The highest BCUT2D eigenvalue weighted by Crippen LogP contribution is 2.30. The van der Waals surface area contributed by atoms with Crippen molar-refractivity contribution >= 4 is 10.2 Å². The first-order chi connectivity index (χ1) is 17.4. The Bertz CT molecular complexity index is 1180. The second-order valence-electron chi connectivity index (χ2n) is 8.61. The molecule has 0 bridgehead atoms. The van der Waals surface area contributed by atoms with Gasteiger partial charge in [0.25, 0.3) is 10.2 Å². The van der Waals surface area contributed by atoms with E-state index < -0.39 is 34.5 Å². The van der Waals surface area contributed by atoms with Crippen LogP contribution in [0.4, 0.5) is 0 Å². The van der Waals surface area contributed by atoms with Crippen molar-refractivity contribution in [1.82, 2.24) is 8.61 Å². The van der Waals surface area contributed by atoms with Gasteiger partial charge in [0.15, 0.2) is 0 Å². The highest BCUT2D eigenvalue weighted by molar-refractivity contribution is 7.86. The van der Waals surface area contributed by atoms with E-state index in [9.17, 15) is 18.6 Å². The maximum Gasteiger partial charge on any atom is 0.283 e. The van der Waals surface area contributed by atoms with Crippen LogP contribution in [0.2, 0.25) is 0 Å². The summed E-state index contributed by atoms with van der Waals surface area (Å²) in [6.45, 7) is 1.54. The van der Waals surface area contributed by atoms with Gasteiger partial charge < -0.3 is 19.7 Å². The minimum atomic E-state index is -4.14. The van der Waals surface area contributed by atoms with E-state index in [2.05, 4.69) is 0 Å². The topological polar surface area (TPSA) is 99.5 Å². The lowest BCUT2D eigenvalue weighted by molar-refractivity contribution is -0.0555. The number of para-hydroxylation sites is 2. The molecule has 3 aromatic rings. The van der Waals surface area contributed by atoms with Crippen molar-refractivity contribution in [3.63, 3.8) is 0 Å². The Kier molecular flexibility index (Phi) is 8.60. The molecule has 1 aliphatic rings. The lowest BCUT2D eigenvalue weighted by Gasteiger charge is -2.33. The van der Waals surface area contributed by atoms with E-state index in [0.717, 1.165) is 5.56 Å². The van der Waals surface area contributed by atoms with E-state index in [0.29, 0.717) is 11.5 Å². The predicted octanol–water partition coefficient (Wildman–Crippen LogP) is 2.69. The summed E-state index contributed by atoms with van der Waals surface area (Å²) >= 11 is 0. The summed E-state index contributed by atoms with van der Waals surface area (Å²) < 4.78 is 42.2. The molecule has 1 saturated heterocycles. The highest BCUT2D eigenvalue weighted by Gasteiger charge is 2.50. The summed E-state index contributed by atoms with van der Waals surface area (Å²) in [7, 11) is -4.14. The van der Waals surface area contributed by atoms with Crippen LogP contribution in [0.25, 0.3) is 0 Å². The molecule has 4 atom stereocenters. The molecule has 8 nitrogen and oxygen atoms in total. The van der Waals surface area contributed by atoms with Gasteiger partial charge in [0.1, 0.15) is 36.9 Å². The van der Waals surface area contributed by atoms with Gasteiger partial charge in [-0.2, -0.15) is 17.0 Å². The van der Waals surface area contributed by atoms with Crippen molar-refractivity contribution in [2.24, 2.45) is 0 Å². The smallest absolute Gasteiger partial charge is 0.283 e. The number of hydrogen-bond acceptors (Lipinski definition) is 6. The fourth-order valence-electron chi connectivity index (χ4n) is 4.39. The molecule has 0 saturated carbocycles. The molecule has 0 aliphatic carbocycles. The van der Waals surface area contributed by atoms with Crippen LogP contribution >= 0.6 is 0 Å². The van der Waals surface area contributed by atoms with Gasteiger partial charge in [-0.1, -0.05) is 73.7 Å². The number of hydrogen-bond donors (Lipinski definition) is 2. The van der Waals surface area contributed by atoms with Crippen molar-refractivity contribution in [2.45, 2.75) is 37.8 Å². The van der Waals surface area contributed by atoms with E-state index in [1.165, 1.54) is 8.61 Å². The van der Waals surface area contributed by atoms with E-state index in [-0.39, 0.29) is 26.3 Å². The van der Waals surface area contributed by atoms with Crippen LogP contribution in [0.3, 0.4) is 0 Å². The number of rotatable bonds is 9. The highest BCUT2D eigenvalue weighted by atomic mass is 32.2. The summed E-state index contributed by atoms with van der Waals surface area (Å²) in [5.41, 5.74) is 0.752. The molecule has 1 fully saturated rings. The van der Waals surface area contributed by atoms with Gasteiger partial charge in [0, 0.05) is 13.1 Å². The van der Waals surface area contributed by atoms with Crippen molar-refractivity contribution in [3.8, 4) is 11.5 Å². The predicted molar refractivity (Wildman–Crippen MR) is 137 cm³/mol. The van der Waals surface area contributed by atoms with E-state index in [1.807, 2.05) is 54.6 Å². The van der Waals surface area contributed by atoms with Gasteiger partial charge in [0.2, 0.25) is 0 Å². The molecule has 1 aliphatic heterocycles. The Morgan fingerprint density at radius 2 is 1.11 bits per heavy atom. The molecule has 0 aromatic heterocycles. The number of nitrogens with zero attached hydrogens (tertiary/aromatic N) is 2. The summed E-state index contributed by atoms with van der Waals surface area (Å²) in [6, 6.07) is 25.0. The normalized spacial score (nSPS) is 24.6. The Labute approximate surface area is 212 Å².